The number of morpholine rings is 1. The van der Waals surface area contributed by atoms with Gasteiger partial charge >= 0.3 is 12.2 Å². The van der Waals surface area contributed by atoms with Crippen molar-refractivity contribution in [2.24, 2.45) is 5.92 Å². The summed E-state index contributed by atoms with van der Waals surface area (Å²) < 4.78 is 44.1. The Hall–Kier alpha value is -1.80. The number of benzene rings is 1. The van der Waals surface area contributed by atoms with E-state index >= 15 is 0 Å². The predicted octanol–water partition coefficient (Wildman–Crippen LogP) is 3.70. The van der Waals surface area contributed by atoms with Gasteiger partial charge in [0.15, 0.2) is 0 Å². The van der Waals surface area contributed by atoms with E-state index in [9.17, 15) is 18.0 Å². The molecule has 1 aromatic rings. The Morgan fingerprint density at radius 1 is 1.10 bits per heavy atom. The summed E-state index contributed by atoms with van der Waals surface area (Å²) in [7, 11) is 0. The zero-order valence-electron chi connectivity index (χ0n) is 17.3. The Bertz CT molecular complexity index is 732. The monoisotopic (exact) mass is 425 g/mol. The third-order valence-electron chi connectivity index (χ3n) is 6.94. The fraction of sp³-hybridized carbons (Fsp3) is 0.682. The van der Waals surface area contributed by atoms with Gasteiger partial charge in [-0.3, -0.25) is 0 Å². The number of fused-ring (bicyclic) bond motifs is 1. The highest BCUT2D eigenvalue weighted by Crippen LogP contribution is 2.35. The average Bonchev–Trinajstić information content (AvgIpc) is 2.77. The van der Waals surface area contributed by atoms with Crippen LogP contribution in [-0.2, 0) is 10.9 Å². The van der Waals surface area contributed by atoms with Crippen LogP contribution in [0.25, 0.3) is 0 Å². The summed E-state index contributed by atoms with van der Waals surface area (Å²) in [6.07, 6.45) is -1.49. The number of carbonyl (C=O) groups is 1. The van der Waals surface area contributed by atoms with E-state index in [-0.39, 0.29) is 24.1 Å². The molecule has 3 atom stereocenters. The van der Waals surface area contributed by atoms with Crippen molar-refractivity contribution in [3.63, 3.8) is 0 Å². The Morgan fingerprint density at radius 3 is 2.43 bits per heavy atom. The minimum atomic E-state index is -4.30. The summed E-state index contributed by atoms with van der Waals surface area (Å²) in [4.78, 5) is 16.8. The number of nitrogens with zero attached hydrogens (tertiary/aromatic N) is 2. The number of ether oxygens (including phenoxy) is 1. The third-order valence-corrected chi connectivity index (χ3v) is 6.94. The fourth-order valence-electron chi connectivity index (χ4n) is 4.99. The molecule has 2 amide bonds. The van der Waals surface area contributed by atoms with E-state index in [4.69, 9.17) is 4.74 Å². The first-order valence-corrected chi connectivity index (χ1v) is 10.9. The molecule has 1 aromatic carbocycles. The quantitative estimate of drug-likeness (QED) is 0.786. The van der Waals surface area contributed by atoms with Crippen molar-refractivity contribution in [2.75, 3.05) is 39.3 Å². The number of amides is 2. The molecule has 0 saturated carbocycles. The summed E-state index contributed by atoms with van der Waals surface area (Å²) in [5, 5.41) is 3.45. The van der Waals surface area contributed by atoms with Crippen molar-refractivity contribution in [2.45, 2.75) is 50.4 Å². The maximum absolute atomic E-state index is 13.0. The highest BCUT2D eigenvalue weighted by Gasteiger charge is 2.36. The van der Waals surface area contributed by atoms with Crippen LogP contribution < -0.4 is 5.32 Å². The van der Waals surface area contributed by atoms with E-state index in [1.165, 1.54) is 0 Å². The van der Waals surface area contributed by atoms with Crippen LogP contribution in [0.5, 0.6) is 0 Å². The number of hydrogen-bond donors (Lipinski definition) is 1. The van der Waals surface area contributed by atoms with Crippen LogP contribution in [0, 0.1) is 5.92 Å². The first-order valence-electron chi connectivity index (χ1n) is 10.9. The lowest BCUT2D eigenvalue weighted by Gasteiger charge is -2.44. The van der Waals surface area contributed by atoms with Crippen molar-refractivity contribution in [3.05, 3.63) is 35.4 Å². The maximum atomic E-state index is 13.0. The summed E-state index contributed by atoms with van der Waals surface area (Å²) in [5.74, 6) is 0.536. The molecule has 3 heterocycles. The lowest BCUT2D eigenvalue weighted by Crippen LogP contribution is -2.61. The highest BCUT2D eigenvalue weighted by atomic mass is 19.4. The van der Waals surface area contributed by atoms with Crippen LogP contribution >= 0.6 is 0 Å². The zero-order valence-corrected chi connectivity index (χ0v) is 17.3. The maximum Gasteiger partial charge on any atom is 0.416 e. The molecule has 166 valence electrons. The van der Waals surface area contributed by atoms with Crippen LogP contribution in [0.2, 0.25) is 0 Å². The van der Waals surface area contributed by atoms with Crippen LogP contribution in [0.3, 0.4) is 0 Å². The highest BCUT2D eigenvalue weighted by molar-refractivity contribution is 5.74. The van der Waals surface area contributed by atoms with E-state index in [2.05, 4.69) is 12.2 Å². The first-order chi connectivity index (χ1) is 14.3. The Morgan fingerprint density at radius 2 is 1.77 bits per heavy atom. The molecular formula is C22H30F3N3O2. The molecule has 5 nitrogen and oxygen atoms in total. The molecule has 0 radical (unpaired) electrons. The number of hydrogen-bond acceptors (Lipinski definition) is 3. The van der Waals surface area contributed by atoms with Crippen molar-refractivity contribution in [1.82, 2.24) is 15.1 Å². The minimum absolute atomic E-state index is 0.0986. The zero-order chi connectivity index (χ0) is 21.3. The molecule has 0 aliphatic carbocycles. The molecular weight excluding hydrogens is 395 g/mol. The fourth-order valence-corrected chi connectivity index (χ4v) is 4.99. The van der Waals surface area contributed by atoms with Gasteiger partial charge < -0.3 is 19.9 Å². The average molecular weight is 425 g/mol. The van der Waals surface area contributed by atoms with E-state index in [1.54, 1.807) is 12.1 Å². The number of halogens is 3. The molecule has 0 spiro atoms. The smallest absolute Gasteiger partial charge is 0.375 e. The molecule has 3 aliphatic rings. The van der Waals surface area contributed by atoms with Crippen LogP contribution in [-0.4, -0.2) is 67.3 Å². The minimum Gasteiger partial charge on any atom is -0.375 e. The van der Waals surface area contributed by atoms with Gasteiger partial charge in [-0.2, -0.15) is 13.2 Å². The van der Waals surface area contributed by atoms with Crippen molar-refractivity contribution in [3.8, 4) is 0 Å². The summed E-state index contributed by atoms with van der Waals surface area (Å²) in [6, 6.07) is 5.83. The SMILES string of the molecule is C[C@@H](c1ccc(C(F)(F)F)cc1)C1CCN(C(=O)N2CC[C@@H]3OCCN[C@@H]3C2)CC1. The second-order valence-corrected chi connectivity index (χ2v) is 8.72. The second-order valence-electron chi connectivity index (χ2n) is 8.72. The summed E-state index contributed by atoms with van der Waals surface area (Å²) in [6.45, 7) is 6.45. The molecule has 4 rings (SSSR count). The van der Waals surface area contributed by atoms with Crippen LogP contribution in [0.4, 0.5) is 18.0 Å². The second kappa shape index (κ2) is 8.75. The molecule has 0 bridgehead atoms. The summed E-state index contributed by atoms with van der Waals surface area (Å²) in [5.41, 5.74) is 0.318. The van der Waals surface area contributed by atoms with E-state index < -0.39 is 11.7 Å². The number of rotatable bonds is 2. The molecule has 0 unspecified atom stereocenters. The Labute approximate surface area is 175 Å². The van der Waals surface area contributed by atoms with Crippen molar-refractivity contribution in [1.29, 1.82) is 0 Å². The molecule has 8 heteroatoms. The predicted molar refractivity (Wildman–Crippen MR) is 107 cm³/mol. The van der Waals surface area contributed by atoms with Gasteiger partial charge in [0.25, 0.3) is 0 Å². The van der Waals surface area contributed by atoms with Crippen LogP contribution in [0.1, 0.15) is 43.2 Å². The molecule has 3 fully saturated rings. The molecule has 3 aliphatic heterocycles. The molecule has 30 heavy (non-hydrogen) atoms. The van der Waals surface area contributed by atoms with Gasteiger partial charge in [-0.15, -0.1) is 0 Å². The Balaban J connectivity index is 1.29. The van der Waals surface area contributed by atoms with E-state index in [0.29, 0.717) is 25.6 Å². The molecule has 0 aromatic heterocycles. The number of urea groups is 1. The molecule has 1 N–H and O–H groups in total. The van der Waals surface area contributed by atoms with Gasteiger partial charge in [0.2, 0.25) is 0 Å². The lowest BCUT2D eigenvalue weighted by atomic mass is 9.81. The van der Waals surface area contributed by atoms with Gasteiger partial charge in [0.05, 0.1) is 24.3 Å². The van der Waals surface area contributed by atoms with Gasteiger partial charge in [0, 0.05) is 32.7 Å². The Kier molecular flexibility index (Phi) is 6.25. The van der Waals surface area contributed by atoms with Crippen LogP contribution in [0.15, 0.2) is 24.3 Å². The largest absolute Gasteiger partial charge is 0.416 e. The topological polar surface area (TPSA) is 44.8 Å². The van der Waals surface area contributed by atoms with Gasteiger partial charge in [-0.25, -0.2) is 4.79 Å². The van der Waals surface area contributed by atoms with Crippen molar-refractivity contribution < 1.29 is 22.7 Å². The van der Waals surface area contributed by atoms with E-state index in [0.717, 1.165) is 56.7 Å². The normalized spacial score (nSPS) is 26.9. The number of likely N-dealkylation sites (tertiary alicyclic amines) is 2. The van der Waals surface area contributed by atoms with Gasteiger partial charge in [-0.05, 0) is 48.8 Å². The third kappa shape index (κ3) is 4.59. The standard InChI is InChI=1S/C22H30F3N3O2/c1-15(16-2-4-18(5-3-16)22(23,24)25)17-6-10-27(11-7-17)21(29)28-12-8-20-19(14-28)26-9-13-30-20/h2-5,15,17,19-20,26H,6-14H2,1H3/t15-,19+,20-/m0/s1. The van der Waals surface area contributed by atoms with Gasteiger partial charge in [-0.1, -0.05) is 19.1 Å². The number of piperidine rings is 2. The first kappa shape index (κ1) is 21.4. The van der Waals surface area contributed by atoms with E-state index in [1.807, 2.05) is 9.80 Å². The number of alkyl halides is 3. The molecule has 3 saturated heterocycles. The number of carbonyl (C=O) groups excluding carboxylic acids is 1. The van der Waals surface area contributed by atoms with Crippen molar-refractivity contribution >= 4 is 6.03 Å². The summed E-state index contributed by atoms with van der Waals surface area (Å²) >= 11 is 0. The number of nitrogens with one attached hydrogen (secondary N) is 1. The lowest BCUT2D eigenvalue weighted by molar-refractivity contribution is -0.137. The van der Waals surface area contributed by atoms with Gasteiger partial charge in [0.1, 0.15) is 0 Å².